The highest BCUT2D eigenvalue weighted by molar-refractivity contribution is 5.25. The molecule has 0 aromatic rings. The van der Waals surface area contributed by atoms with E-state index in [1.54, 1.807) is 5.57 Å². The smallest absolute Gasteiger partial charge is 0.0577 e. The van der Waals surface area contributed by atoms with Gasteiger partial charge in [-0.2, -0.15) is 0 Å². The summed E-state index contributed by atoms with van der Waals surface area (Å²) in [5.74, 6) is 4.87. The Balaban J connectivity index is 1.30. The summed E-state index contributed by atoms with van der Waals surface area (Å²) in [6.45, 7) is 5.28. The van der Waals surface area contributed by atoms with E-state index >= 15 is 0 Å². The van der Waals surface area contributed by atoms with E-state index in [2.05, 4.69) is 19.9 Å². The van der Waals surface area contributed by atoms with E-state index in [-0.39, 0.29) is 6.10 Å². The zero-order chi connectivity index (χ0) is 19.4. The Morgan fingerprint density at radius 2 is 1.71 bits per heavy atom. The molecular weight excluding hydrogens is 340 g/mol. The van der Waals surface area contributed by atoms with Gasteiger partial charge in [-0.05, 0) is 98.2 Å². The Labute approximate surface area is 173 Å². The molecule has 0 bridgehead atoms. The maximum absolute atomic E-state index is 10.2. The van der Waals surface area contributed by atoms with E-state index < -0.39 is 0 Å². The molecule has 5 aliphatic carbocycles. The van der Waals surface area contributed by atoms with Crippen molar-refractivity contribution in [2.75, 3.05) is 0 Å². The van der Waals surface area contributed by atoms with Crippen LogP contribution in [0.25, 0.3) is 0 Å². The summed E-state index contributed by atoms with van der Waals surface area (Å²) in [4.78, 5) is 0. The number of aliphatic hydroxyl groups is 1. The van der Waals surface area contributed by atoms with Gasteiger partial charge in [0, 0.05) is 0 Å². The minimum atomic E-state index is -0.0691. The molecule has 0 radical (unpaired) electrons. The fourth-order valence-electron chi connectivity index (χ4n) is 9.14. The van der Waals surface area contributed by atoms with Crippen molar-refractivity contribution < 1.29 is 5.11 Å². The molecule has 0 aromatic heterocycles. The minimum Gasteiger partial charge on any atom is -0.393 e. The molecule has 0 aliphatic heterocycles. The van der Waals surface area contributed by atoms with E-state index in [4.69, 9.17) is 0 Å². The summed E-state index contributed by atoms with van der Waals surface area (Å²) in [7, 11) is 0. The van der Waals surface area contributed by atoms with Gasteiger partial charge in [-0.15, -0.1) is 0 Å². The van der Waals surface area contributed by atoms with Gasteiger partial charge in [0.05, 0.1) is 6.10 Å². The first-order chi connectivity index (χ1) is 13.5. The van der Waals surface area contributed by atoms with Gasteiger partial charge in [0.2, 0.25) is 0 Å². The van der Waals surface area contributed by atoms with Gasteiger partial charge in [0.1, 0.15) is 0 Å². The van der Waals surface area contributed by atoms with Crippen molar-refractivity contribution in [2.45, 2.75) is 116 Å². The lowest BCUT2D eigenvalue weighted by molar-refractivity contribution is -0.0513. The zero-order valence-corrected chi connectivity index (χ0v) is 18.6. The number of hydrogen-bond acceptors (Lipinski definition) is 1. The third-order valence-electron chi connectivity index (χ3n) is 10.9. The SMILES string of the molecule is C[C@]12CC[C@H]3[C@@H](CC=C4C[C@@H](O)CC[C@@]43C)[C@@H]1CC[C@@H]2CCC1CCCCC1. The highest BCUT2D eigenvalue weighted by Gasteiger charge is 2.58. The summed E-state index contributed by atoms with van der Waals surface area (Å²) in [6.07, 6.45) is 23.6. The van der Waals surface area contributed by atoms with E-state index in [1.165, 1.54) is 83.5 Å². The van der Waals surface area contributed by atoms with Gasteiger partial charge in [-0.3, -0.25) is 0 Å². The second-order valence-electron chi connectivity index (χ2n) is 12.1. The first-order valence-corrected chi connectivity index (χ1v) is 12.9. The van der Waals surface area contributed by atoms with Gasteiger partial charge in [0.15, 0.2) is 0 Å². The van der Waals surface area contributed by atoms with Crippen molar-refractivity contribution in [2.24, 2.45) is 40.4 Å². The average Bonchev–Trinajstić information content (AvgIpc) is 3.04. The lowest BCUT2D eigenvalue weighted by Crippen LogP contribution is -2.50. The molecule has 0 unspecified atom stereocenters. The van der Waals surface area contributed by atoms with Crippen LogP contribution in [0.1, 0.15) is 110 Å². The number of fused-ring (bicyclic) bond motifs is 5. The van der Waals surface area contributed by atoms with E-state index in [0.717, 1.165) is 42.4 Å². The molecule has 1 N–H and O–H groups in total. The van der Waals surface area contributed by atoms with Gasteiger partial charge in [-0.1, -0.05) is 64.0 Å². The second kappa shape index (κ2) is 7.44. The largest absolute Gasteiger partial charge is 0.393 e. The van der Waals surface area contributed by atoms with Crippen LogP contribution in [0.15, 0.2) is 11.6 Å². The Bertz CT molecular complexity index is 601. The van der Waals surface area contributed by atoms with Gasteiger partial charge in [-0.25, -0.2) is 0 Å². The lowest BCUT2D eigenvalue weighted by Gasteiger charge is -2.58. The third-order valence-corrected chi connectivity index (χ3v) is 10.9. The van der Waals surface area contributed by atoms with Crippen LogP contribution in [-0.4, -0.2) is 11.2 Å². The van der Waals surface area contributed by atoms with Crippen molar-refractivity contribution in [3.05, 3.63) is 11.6 Å². The van der Waals surface area contributed by atoms with E-state index in [9.17, 15) is 5.11 Å². The monoisotopic (exact) mass is 384 g/mol. The Hall–Kier alpha value is -0.300. The molecule has 28 heavy (non-hydrogen) atoms. The molecule has 5 rings (SSSR count). The molecule has 0 heterocycles. The molecule has 158 valence electrons. The highest BCUT2D eigenvalue weighted by atomic mass is 16.3. The van der Waals surface area contributed by atoms with Crippen molar-refractivity contribution in [3.63, 3.8) is 0 Å². The quantitative estimate of drug-likeness (QED) is 0.507. The summed E-state index contributed by atoms with van der Waals surface area (Å²) >= 11 is 0. The minimum absolute atomic E-state index is 0.0691. The number of allylic oxidation sites excluding steroid dienone is 1. The fraction of sp³-hybridized carbons (Fsp3) is 0.926. The van der Waals surface area contributed by atoms with Crippen molar-refractivity contribution in [1.29, 1.82) is 0 Å². The molecule has 4 fully saturated rings. The second-order valence-corrected chi connectivity index (χ2v) is 12.1. The number of hydrogen-bond donors (Lipinski definition) is 1. The van der Waals surface area contributed by atoms with Crippen LogP contribution in [0.2, 0.25) is 0 Å². The first-order valence-electron chi connectivity index (χ1n) is 12.9. The lowest BCUT2D eigenvalue weighted by atomic mass is 9.47. The fourth-order valence-corrected chi connectivity index (χ4v) is 9.14. The molecule has 5 aliphatic rings. The van der Waals surface area contributed by atoms with Crippen molar-refractivity contribution >= 4 is 0 Å². The maximum Gasteiger partial charge on any atom is 0.0577 e. The predicted octanol–water partition coefficient (Wildman–Crippen LogP) is 7.29. The Morgan fingerprint density at radius 1 is 0.893 bits per heavy atom. The standard InChI is InChI=1S/C27H44O/c1-26-17-15-25-23(12-10-21-18-22(28)14-16-27(21,25)2)24(26)13-11-20(26)9-8-19-6-4-3-5-7-19/h10,19-20,22-25,28H,3-9,11-18H2,1-2H3/t20-,22-,23-,24-,25-,26+,27-/m0/s1. The topological polar surface area (TPSA) is 20.2 Å². The van der Waals surface area contributed by atoms with E-state index in [0.29, 0.717) is 10.8 Å². The summed E-state index contributed by atoms with van der Waals surface area (Å²) in [5, 5.41) is 10.2. The van der Waals surface area contributed by atoms with Gasteiger partial charge < -0.3 is 5.11 Å². The summed E-state index contributed by atoms with van der Waals surface area (Å²) in [5.41, 5.74) is 2.66. The summed E-state index contributed by atoms with van der Waals surface area (Å²) < 4.78 is 0. The van der Waals surface area contributed by atoms with Crippen LogP contribution < -0.4 is 0 Å². The van der Waals surface area contributed by atoms with Gasteiger partial charge in [0.25, 0.3) is 0 Å². The molecule has 1 nitrogen and oxygen atoms in total. The van der Waals surface area contributed by atoms with E-state index in [1.807, 2.05) is 0 Å². The normalized spacial score (nSPS) is 49.1. The van der Waals surface area contributed by atoms with Crippen LogP contribution in [0, 0.1) is 40.4 Å². The maximum atomic E-state index is 10.2. The van der Waals surface area contributed by atoms with Crippen molar-refractivity contribution in [3.8, 4) is 0 Å². The van der Waals surface area contributed by atoms with Crippen LogP contribution in [0.5, 0.6) is 0 Å². The molecule has 4 saturated carbocycles. The molecule has 0 aromatic carbocycles. The Morgan fingerprint density at radius 3 is 2.54 bits per heavy atom. The Kier molecular flexibility index (Phi) is 5.22. The molecule has 0 amide bonds. The number of rotatable bonds is 3. The average molecular weight is 385 g/mol. The molecule has 0 spiro atoms. The predicted molar refractivity (Wildman–Crippen MR) is 117 cm³/mol. The summed E-state index contributed by atoms with van der Waals surface area (Å²) in [6, 6.07) is 0. The van der Waals surface area contributed by atoms with Crippen LogP contribution in [0.4, 0.5) is 0 Å². The van der Waals surface area contributed by atoms with Crippen LogP contribution in [-0.2, 0) is 0 Å². The molecule has 0 saturated heterocycles. The first kappa shape index (κ1) is 19.7. The van der Waals surface area contributed by atoms with Crippen LogP contribution in [0.3, 0.4) is 0 Å². The van der Waals surface area contributed by atoms with Gasteiger partial charge >= 0.3 is 0 Å². The molecule has 7 atom stereocenters. The van der Waals surface area contributed by atoms with Crippen molar-refractivity contribution in [1.82, 2.24) is 0 Å². The highest BCUT2D eigenvalue weighted by Crippen LogP contribution is 2.66. The molecule has 1 heteroatoms. The van der Waals surface area contributed by atoms with Crippen LogP contribution >= 0.6 is 0 Å². The third kappa shape index (κ3) is 3.14. The molecular formula is C27H44O. The zero-order valence-electron chi connectivity index (χ0n) is 18.6. The number of aliphatic hydroxyl groups excluding tert-OH is 1.